The lowest BCUT2D eigenvalue weighted by Gasteiger charge is -2.09. The van der Waals surface area contributed by atoms with Crippen molar-refractivity contribution < 1.29 is 14.0 Å². The first-order valence-corrected chi connectivity index (χ1v) is 10.3. The first kappa shape index (κ1) is 20.1. The van der Waals surface area contributed by atoms with Crippen molar-refractivity contribution in [3.63, 3.8) is 0 Å². The molecule has 0 aromatic heterocycles. The molecule has 0 bridgehead atoms. The Morgan fingerprint density at radius 1 is 0.750 bits per heavy atom. The third-order valence-corrected chi connectivity index (χ3v) is 5.08. The molecule has 0 fully saturated rings. The fourth-order valence-corrected chi connectivity index (χ4v) is 2.84. The van der Waals surface area contributed by atoms with Gasteiger partial charge in [0.15, 0.2) is 0 Å². The van der Waals surface area contributed by atoms with Crippen LogP contribution in [0.4, 0.5) is 0 Å². The van der Waals surface area contributed by atoms with Gasteiger partial charge in [-0.25, -0.2) is 0 Å². The van der Waals surface area contributed by atoms with Crippen LogP contribution in [-0.4, -0.2) is 17.7 Å². The third-order valence-electron chi connectivity index (χ3n) is 3.69. The second-order valence-corrected chi connectivity index (χ2v) is 7.84. The molecule has 0 heterocycles. The van der Waals surface area contributed by atoms with Crippen LogP contribution in [0.1, 0.15) is 90.9 Å². The van der Waals surface area contributed by atoms with Crippen LogP contribution in [0, 0.1) is 0 Å². The Balaban J connectivity index is 3.08. The Hall–Kier alpha value is 0.150. The van der Waals surface area contributed by atoms with E-state index in [9.17, 15) is 9.46 Å². The van der Waals surface area contributed by atoms with Gasteiger partial charge in [-0.15, -0.1) is 0 Å². The van der Waals surface area contributed by atoms with Crippen LogP contribution in [0.15, 0.2) is 0 Å². The molecule has 20 heavy (non-hydrogen) atoms. The molecule has 1 atom stereocenters. The molecule has 4 heteroatoms. The molecule has 0 spiro atoms. The fraction of sp³-hybridized carbons (Fsp3) is 1.00. The monoisotopic (exact) mass is 306 g/mol. The molecule has 0 rings (SSSR count). The molecule has 1 unspecified atom stereocenters. The maximum atomic E-state index is 11.2. The summed E-state index contributed by atoms with van der Waals surface area (Å²) in [6.07, 6.45) is 15.8. The Bertz CT molecular complexity index is 244. The molecular formula is C16H35O3P. The van der Waals surface area contributed by atoms with Crippen LogP contribution in [-0.2, 0) is 9.09 Å². The summed E-state index contributed by atoms with van der Waals surface area (Å²) in [4.78, 5) is 9.23. The van der Waals surface area contributed by atoms with Gasteiger partial charge < -0.3 is 9.42 Å². The predicted octanol–water partition coefficient (Wildman–Crippen LogP) is 5.91. The average molecular weight is 306 g/mol. The highest BCUT2D eigenvalue weighted by atomic mass is 31.2. The lowest BCUT2D eigenvalue weighted by Crippen LogP contribution is -1.94. The molecule has 0 aliphatic heterocycles. The van der Waals surface area contributed by atoms with E-state index in [1.165, 1.54) is 64.2 Å². The van der Waals surface area contributed by atoms with Crippen LogP contribution in [0.5, 0.6) is 0 Å². The van der Waals surface area contributed by atoms with E-state index in [4.69, 9.17) is 4.52 Å². The van der Waals surface area contributed by atoms with Crippen molar-refractivity contribution in [2.24, 2.45) is 0 Å². The van der Waals surface area contributed by atoms with Gasteiger partial charge in [0, 0.05) is 6.16 Å². The fourth-order valence-electron chi connectivity index (χ4n) is 2.24. The zero-order chi connectivity index (χ0) is 15.1. The van der Waals surface area contributed by atoms with E-state index in [-0.39, 0.29) is 6.16 Å². The first-order chi connectivity index (χ1) is 9.62. The SMILES string of the molecule is CCCCCCCCCCCCCCOP(=O)(O)CC. The predicted molar refractivity (Wildman–Crippen MR) is 87.4 cm³/mol. The Morgan fingerprint density at radius 2 is 1.15 bits per heavy atom. The second kappa shape index (κ2) is 14.1. The number of hydrogen-bond donors (Lipinski definition) is 1. The summed E-state index contributed by atoms with van der Waals surface area (Å²) in [7, 11) is -3.26. The van der Waals surface area contributed by atoms with E-state index in [1.54, 1.807) is 6.92 Å². The van der Waals surface area contributed by atoms with Crippen molar-refractivity contribution in [1.29, 1.82) is 0 Å². The van der Waals surface area contributed by atoms with Crippen LogP contribution >= 0.6 is 7.60 Å². The summed E-state index contributed by atoms with van der Waals surface area (Å²) in [6, 6.07) is 0. The third kappa shape index (κ3) is 14.6. The van der Waals surface area contributed by atoms with Crippen molar-refractivity contribution >= 4 is 7.60 Å². The first-order valence-electron chi connectivity index (χ1n) is 8.58. The van der Waals surface area contributed by atoms with E-state index >= 15 is 0 Å². The molecule has 3 nitrogen and oxygen atoms in total. The normalized spacial score (nSPS) is 14.3. The highest BCUT2D eigenvalue weighted by Gasteiger charge is 2.14. The van der Waals surface area contributed by atoms with Gasteiger partial charge in [-0.2, -0.15) is 0 Å². The summed E-state index contributed by atoms with van der Waals surface area (Å²) in [6.45, 7) is 4.37. The molecule has 0 aliphatic carbocycles. The van der Waals surface area contributed by atoms with Crippen LogP contribution in [0.3, 0.4) is 0 Å². The summed E-state index contributed by atoms with van der Waals surface area (Å²) in [5, 5.41) is 0. The number of hydrogen-bond acceptors (Lipinski definition) is 2. The van der Waals surface area contributed by atoms with Gasteiger partial charge in [0.2, 0.25) is 0 Å². The Morgan fingerprint density at radius 3 is 1.55 bits per heavy atom. The molecule has 1 N–H and O–H groups in total. The molecule has 0 saturated heterocycles. The van der Waals surface area contributed by atoms with Gasteiger partial charge in [-0.1, -0.05) is 84.5 Å². The highest BCUT2D eigenvalue weighted by molar-refractivity contribution is 7.52. The minimum Gasteiger partial charge on any atom is -0.324 e. The highest BCUT2D eigenvalue weighted by Crippen LogP contribution is 2.41. The van der Waals surface area contributed by atoms with Crippen LogP contribution in [0.25, 0.3) is 0 Å². The van der Waals surface area contributed by atoms with E-state index in [0.717, 1.165) is 12.8 Å². The second-order valence-electron chi connectivity index (χ2n) is 5.68. The lowest BCUT2D eigenvalue weighted by molar-refractivity contribution is 0.253. The van der Waals surface area contributed by atoms with E-state index in [1.807, 2.05) is 0 Å². The molecule has 0 saturated carbocycles. The van der Waals surface area contributed by atoms with Crippen molar-refractivity contribution in [2.75, 3.05) is 12.8 Å². The molecular weight excluding hydrogens is 271 g/mol. The zero-order valence-corrected chi connectivity index (χ0v) is 14.5. The van der Waals surface area contributed by atoms with Gasteiger partial charge in [0.05, 0.1) is 6.61 Å². The number of unbranched alkanes of at least 4 members (excludes halogenated alkanes) is 11. The van der Waals surface area contributed by atoms with E-state index in [0.29, 0.717) is 6.61 Å². The summed E-state index contributed by atoms with van der Waals surface area (Å²) < 4.78 is 16.2. The van der Waals surface area contributed by atoms with Gasteiger partial charge in [0.1, 0.15) is 0 Å². The summed E-state index contributed by atoms with van der Waals surface area (Å²) in [5.41, 5.74) is 0. The standard InChI is InChI=1S/C16H35O3P/c1-3-5-6-7-8-9-10-11-12-13-14-15-16-19-20(17,18)4-2/h3-16H2,1-2H3,(H,17,18). The quantitative estimate of drug-likeness (QED) is 0.302. The van der Waals surface area contributed by atoms with Crippen molar-refractivity contribution in [3.8, 4) is 0 Å². The number of rotatable bonds is 15. The molecule has 0 aliphatic rings. The van der Waals surface area contributed by atoms with Gasteiger partial charge in [-0.3, -0.25) is 4.57 Å². The molecule has 0 aromatic carbocycles. The topological polar surface area (TPSA) is 46.5 Å². The molecule has 0 aromatic rings. The van der Waals surface area contributed by atoms with Crippen molar-refractivity contribution in [1.82, 2.24) is 0 Å². The van der Waals surface area contributed by atoms with Crippen molar-refractivity contribution in [3.05, 3.63) is 0 Å². The van der Waals surface area contributed by atoms with Crippen LogP contribution < -0.4 is 0 Å². The largest absolute Gasteiger partial charge is 0.327 e. The average Bonchev–Trinajstić information content (AvgIpc) is 2.44. The summed E-state index contributed by atoms with van der Waals surface area (Å²) in [5.74, 6) is 0. The van der Waals surface area contributed by atoms with E-state index in [2.05, 4.69) is 6.92 Å². The summed E-state index contributed by atoms with van der Waals surface area (Å²) >= 11 is 0. The van der Waals surface area contributed by atoms with Gasteiger partial charge in [-0.05, 0) is 6.42 Å². The van der Waals surface area contributed by atoms with E-state index < -0.39 is 7.60 Å². The molecule has 0 radical (unpaired) electrons. The van der Waals surface area contributed by atoms with Crippen molar-refractivity contribution in [2.45, 2.75) is 90.9 Å². The van der Waals surface area contributed by atoms with Gasteiger partial charge >= 0.3 is 7.60 Å². The maximum Gasteiger partial charge on any atom is 0.327 e. The molecule has 0 amide bonds. The zero-order valence-electron chi connectivity index (χ0n) is 13.6. The minimum absolute atomic E-state index is 0.214. The smallest absolute Gasteiger partial charge is 0.324 e. The Labute approximate surface area is 126 Å². The molecule has 122 valence electrons. The van der Waals surface area contributed by atoms with Gasteiger partial charge in [0.25, 0.3) is 0 Å². The lowest BCUT2D eigenvalue weighted by atomic mass is 10.1. The maximum absolute atomic E-state index is 11.2. The van der Waals surface area contributed by atoms with Crippen LogP contribution in [0.2, 0.25) is 0 Å². The minimum atomic E-state index is -3.26. The Kier molecular flexibility index (Phi) is 14.2.